The number of benzene rings is 2. The molecule has 2 rings (SSSR count). The normalized spacial score (nSPS) is 10.6. The van der Waals surface area contributed by atoms with Crippen LogP contribution in [-0.2, 0) is 19.5 Å². The molecule has 0 aliphatic rings. The lowest BCUT2D eigenvalue weighted by atomic mass is 10.1. The molecule has 0 radical (unpaired) electrons. The Morgan fingerprint density at radius 3 is 2.33 bits per heavy atom. The van der Waals surface area contributed by atoms with E-state index in [4.69, 9.17) is 0 Å². The lowest BCUT2D eigenvalue weighted by Crippen LogP contribution is -2.14. The van der Waals surface area contributed by atoms with Crippen molar-refractivity contribution < 1.29 is 4.92 Å². The van der Waals surface area contributed by atoms with Gasteiger partial charge in [0, 0.05) is 19.2 Å². The van der Waals surface area contributed by atoms with E-state index in [-0.39, 0.29) is 10.6 Å². The molecule has 0 aliphatic carbocycles. The number of aryl methyl sites for hydroxylation is 1. The molecule has 1 N–H and O–H groups in total. The van der Waals surface area contributed by atoms with Crippen molar-refractivity contribution in [3.05, 3.63) is 73.7 Å². The van der Waals surface area contributed by atoms with Crippen LogP contribution in [0.1, 0.15) is 23.6 Å². The van der Waals surface area contributed by atoms with Crippen molar-refractivity contribution in [2.45, 2.75) is 26.4 Å². The molecule has 0 unspecified atom stereocenters. The second-order valence-corrected chi connectivity index (χ2v) is 5.53. The summed E-state index contributed by atoms with van der Waals surface area (Å²) in [5, 5.41) is 14.3. The standard InChI is InChI=1S/C16H17BrN2O2/c1-2-12-6-3-4-7-13(12)10-18-11-14-8-5-9-15(16(14)17)19(20)21/h3-9,18H,2,10-11H2,1H3. The van der Waals surface area contributed by atoms with Crippen LogP contribution in [0.25, 0.3) is 0 Å². The molecule has 0 atom stereocenters. The van der Waals surface area contributed by atoms with Crippen LogP contribution in [-0.4, -0.2) is 4.92 Å². The zero-order valence-electron chi connectivity index (χ0n) is 11.8. The molecule has 0 bridgehead atoms. The zero-order chi connectivity index (χ0) is 15.2. The van der Waals surface area contributed by atoms with E-state index in [1.165, 1.54) is 17.2 Å². The summed E-state index contributed by atoms with van der Waals surface area (Å²) in [5.41, 5.74) is 3.58. The van der Waals surface area contributed by atoms with Gasteiger partial charge < -0.3 is 5.32 Å². The van der Waals surface area contributed by atoms with Crippen molar-refractivity contribution in [1.29, 1.82) is 0 Å². The SMILES string of the molecule is CCc1ccccc1CNCc1cccc([N+](=O)[O-])c1Br. The van der Waals surface area contributed by atoms with Gasteiger partial charge in [-0.3, -0.25) is 10.1 Å². The molecule has 5 heteroatoms. The van der Waals surface area contributed by atoms with Crippen molar-refractivity contribution in [3.63, 3.8) is 0 Å². The average molecular weight is 349 g/mol. The van der Waals surface area contributed by atoms with Crippen molar-refractivity contribution in [2.75, 3.05) is 0 Å². The van der Waals surface area contributed by atoms with Crippen molar-refractivity contribution in [3.8, 4) is 0 Å². The molecule has 0 spiro atoms. The maximum absolute atomic E-state index is 10.9. The van der Waals surface area contributed by atoms with E-state index in [1.54, 1.807) is 6.07 Å². The third-order valence-corrected chi connectivity index (χ3v) is 4.30. The largest absolute Gasteiger partial charge is 0.309 e. The van der Waals surface area contributed by atoms with Crippen LogP contribution < -0.4 is 5.32 Å². The topological polar surface area (TPSA) is 55.2 Å². The Morgan fingerprint density at radius 2 is 1.67 bits per heavy atom. The Bertz CT molecular complexity index is 644. The lowest BCUT2D eigenvalue weighted by Gasteiger charge is -2.10. The van der Waals surface area contributed by atoms with E-state index in [1.807, 2.05) is 18.2 Å². The Morgan fingerprint density at radius 1 is 1.05 bits per heavy atom. The molecule has 0 aliphatic heterocycles. The molecule has 0 amide bonds. The van der Waals surface area contributed by atoms with Crippen molar-refractivity contribution >= 4 is 21.6 Å². The summed E-state index contributed by atoms with van der Waals surface area (Å²) >= 11 is 3.31. The average Bonchev–Trinajstić information content (AvgIpc) is 2.49. The Labute approximate surface area is 132 Å². The van der Waals surface area contributed by atoms with E-state index in [0.717, 1.165) is 18.5 Å². The van der Waals surface area contributed by atoms with E-state index in [9.17, 15) is 10.1 Å². The van der Waals surface area contributed by atoms with Gasteiger partial charge in [-0.05, 0) is 39.0 Å². The third-order valence-electron chi connectivity index (χ3n) is 3.39. The first-order chi connectivity index (χ1) is 10.1. The first-order valence-electron chi connectivity index (χ1n) is 6.82. The smallest absolute Gasteiger partial charge is 0.283 e. The Hall–Kier alpha value is -1.72. The minimum absolute atomic E-state index is 0.100. The third kappa shape index (κ3) is 3.89. The van der Waals surface area contributed by atoms with Crippen molar-refractivity contribution in [1.82, 2.24) is 5.32 Å². The Kier molecular flexibility index (Phi) is 5.47. The first-order valence-corrected chi connectivity index (χ1v) is 7.62. The van der Waals surface area contributed by atoms with Crippen LogP contribution in [0, 0.1) is 10.1 Å². The van der Waals surface area contributed by atoms with Gasteiger partial charge in [0.15, 0.2) is 0 Å². The Balaban J connectivity index is 2.04. The summed E-state index contributed by atoms with van der Waals surface area (Å²) in [4.78, 5) is 10.5. The van der Waals surface area contributed by atoms with Crippen LogP contribution in [0.15, 0.2) is 46.9 Å². The molecule has 110 valence electrons. The number of nitro benzene ring substituents is 1. The van der Waals surface area contributed by atoms with E-state index in [0.29, 0.717) is 11.0 Å². The van der Waals surface area contributed by atoms with E-state index < -0.39 is 0 Å². The fourth-order valence-corrected chi connectivity index (χ4v) is 2.80. The highest BCUT2D eigenvalue weighted by Gasteiger charge is 2.14. The highest BCUT2D eigenvalue weighted by atomic mass is 79.9. The quantitative estimate of drug-likeness (QED) is 0.628. The van der Waals surface area contributed by atoms with Gasteiger partial charge in [-0.25, -0.2) is 0 Å². The zero-order valence-corrected chi connectivity index (χ0v) is 13.4. The number of nitro groups is 1. The highest BCUT2D eigenvalue weighted by Crippen LogP contribution is 2.28. The predicted molar refractivity (Wildman–Crippen MR) is 87.2 cm³/mol. The lowest BCUT2D eigenvalue weighted by molar-refractivity contribution is -0.385. The maximum atomic E-state index is 10.9. The minimum atomic E-state index is -0.375. The summed E-state index contributed by atoms with van der Waals surface area (Å²) in [5.74, 6) is 0. The summed E-state index contributed by atoms with van der Waals surface area (Å²) in [6.45, 7) is 3.47. The molecule has 0 heterocycles. The molecule has 2 aromatic carbocycles. The summed E-state index contributed by atoms with van der Waals surface area (Å²) in [7, 11) is 0. The molecular weight excluding hydrogens is 332 g/mol. The summed E-state index contributed by atoms with van der Waals surface area (Å²) < 4.78 is 0.547. The molecule has 4 nitrogen and oxygen atoms in total. The van der Waals surface area contributed by atoms with Crippen LogP contribution >= 0.6 is 15.9 Å². The number of nitrogens with one attached hydrogen (secondary N) is 1. The van der Waals surface area contributed by atoms with Crippen molar-refractivity contribution in [2.24, 2.45) is 0 Å². The van der Waals surface area contributed by atoms with Gasteiger partial charge >= 0.3 is 0 Å². The van der Waals surface area contributed by atoms with Crippen LogP contribution in [0.3, 0.4) is 0 Å². The molecule has 21 heavy (non-hydrogen) atoms. The van der Waals surface area contributed by atoms with Gasteiger partial charge in [0.2, 0.25) is 0 Å². The van der Waals surface area contributed by atoms with Gasteiger partial charge in [-0.15, -0.1) is 0 Å². The van der Waals surface area contributed by atoms with Gasteiger partial charge in [-0.2, -0.15) is 0 Å². The van der Waals surface area contributed by atoms with E-state index >= 15 is 0 Å². The summed E-state index contributed by atoms with van der Waals surface area (Å²) in [6.07, 6.45) is 0.998. The van der Waals surface area contributed by atoms with E-state index in [2.05, 4.69) is 40.3 Å². The fraction of sp³-hybridized carbons (Fsp3) is 0.250. The van der Waals surface area contributed by atoms with Crippen LogP contribution in [0.5, 0.6) is 0 Å². The fourth-order valence-electron chi connectivity index (χ4n) is 2.25. The van der Waals surface area contributed by atoms with Gasteiger partial charge in [0.1, 0.15) is 0 Å². The second-order valence-electron chi connectivity index (χ2n) is 4.73. The molecule has 2 aromatic rings. The number of halogens is 1. The monoisotopic (exact) mass is 348 g/mol. The molecule has 0 saturated heterocycles. The number of rotatable bonds is 6. The second kappa shape index (κ2) is 7.33. The number of hydrogen-bond acceptors (Lipinski definition) is 3. The van der Waals surface area contributed by atoms with Crippen LogP contribution in [0.2, 0.25) is 0 Å². The number of hydrogen-bond donors (Lipinski definition) is 1. The molecular formula is C16H17BrN2O2. The first kappa shape index (κ1) is 15.7. The maximum Gasteiger partial charge on any atom is 0.283 e. The molecule has 0 fully saturated rings. The molecule has 0 saturated carbocycles. The molecule has 0 aromatic heterocycles. The number of nitrogens with zero attached hydrogens (tertiary/aromatic N) is 1. The van der Waals surface area contributed by atoms with Crippen LogP contribution in [0.4, 0.5) is 5.69 Å². The summed E-state index contributed by atoms with van der Waals surface area (Å²) in [6, 6.07) is 13.4. The highest BCUT2D eigenvalue weighted by molar-refractivity contribution is 9.10. The predicted octanol–water partition coefficient (Wildman–Crippen LogP) is 4.21. The van der Waals surface area contributed by atoms with Gasteiger partial charge in [0.05, 0.1) is 9.40 Å². The van der Waals surface area contributed by atoms with Gasteiger partial charge in [0.25, 0.3) is 5.69 Å². The minimum Gasteiger partial charge on any atom is -0.309 e. The van der Waals surface area contributed by atoms with Gasteiger partial charge in [-0.1, -0.05) is 43.3 Å².